The van der Waals surface area contributed by atoms with Gasteiger partial charge in [0.1, 0.15) is 28.0 Å². The second-order valence-corrected chi connectivity index (χ2v) is 14.8. The average molecular weight is 732 g/mol. The first kappa shape index (κ1) is 31.8. The summed E-state index contributed by atoms with van der Waals surface area (Å²) in [6.07, 6.45) is 9.01. The largest absolute Gasteiger partial charge is 0.456 e. The monoisotopic (exact) mass is 731 g/mol. The second kappa shape index (κ2) is 12.5. The van der Waals surface area contributed by atoms with E-state index >= 15 is 0 Å². The van der Waals surface area contributed by atoms with Crippen molar-refractivity contribution in [3.8, 4) is 44.9 Å². The van der Waals surface area contributed by atoms with E-state index in [0.717, 1.165) is 90.3 Å². The Bertz CT molecular complexity index is 3460. The molecule has 11 aromatic rings. The Kier molecular flexibility index (Phi) is 6.99. The predicted octanol–water partition coefficient (Wildman–Crippen LogP) is 14.2. The molecule has 0 N–H and O–H groups in total. The molecule has 4 aromatic heterocycles. The Morgan fingerprint density at radius 2 is 1.04 bits per heavy atom. The molecule has 0 spiro atoms. The molecule has 0 radical (unpaired) electrons. The summed E-state index contributed by atoms with van der Waals surface area (Å²) in [5, 5.41) is 5.52. The van der Waals surface area contributed by atoms with Crippen LogP contribution in [0.3, 0.4) is 0 Å². The fraction of sp³-hybridized carbons (Fsp3) is 0.0385. The number of nitrogens with zero attached hydrogens (tertiary/aromatic N) is 3. The lowest BCUT2D eigenvalue weighted by atomic mass is 10.00. The topological polar surface area (TPSA) is 57.0 Å². The summed E-state index contributed by atoms with van der Waals surface area (Å²) in [5.41, 5.74) is 14.8. The Morgan fingerprint density at radius 3 is 1.79 bits per heavy atom. The molecule has 1 aliphatic carbocycles. The van der Waals surface area contributed by atoms with Crippen LogP contribution in [0.15, 0.2) is 185 Å². The standard InChI is InChI=1S/C52H33N3O2/c1-4-12-32(13-5-1)34-21-26-48-43(30-34)50-51(57-48)49(33-14-6-2-7-15-33)53-52(54-50)37-23-27-47-42(31-37)41-29-36(22-25-46(41)56-47)35-20-24-45-40(28-35)39-18-10-11-19-44(39)55(45)38-16-8-3-9-17-38/h1-2,4-8,10-31H,3,9H2. The molecule has 57 heavy (non-hydrogen) atoms. The highest BCUT2D eigenvalue weighted by Gasteiger charge is 2.20. The minimum atomic E-state index is 0.631. The molecule has 7 aromatic carbocycles. The number of para-hydroxylation sites is 1. The maximum absolute atomic E-state index is 6.53. The van der Waals surface area contributed by atoms with Crippen LogP contribution in [-0.2, 0) is 0 Å². The number of hydrogen-bond donors (Lipinski definition) is 0. The first-order valence-electron chi connectivity index (χ1n) is 19.5. The van der Waals surface area contributed by atoms with Gasteiger partial charge in [-0.3, -0.25) is 0 Å². The second-order valence-electron chi connectivity index (χ2n) is 14.8. The summed E-state index contributed by atoms with van der Waals surface area (Å²) in [4.78, 5) is 10.4. The Morgan fingerprint density at radius 1 is 0.439 bits per heavy atom. The molecule has 12 rings (SSSR count). The van der Waals surface area contributed by atoms with Gasteiger partial charge >= 0.3 is 0 Å². The smallest absolute Gasteiger partial charge is 0.180 e. The van der Waals surface area contributed by atoms with Crippen molar-refractivity contribution in [2.75, 3.05) is 0 Å². The van der Waals surface area contributed by atoms with Gasteiger partial charge in [0.15, 0.2) is 11.4 Å². The third-order valence-electron chi connectivity index (χ3n) is 11.4. The molecule has 5 heteroatoms. The Hall–Kier alpha value is -7.50. The minimum Gasteiger partial charge on any atom is -0.456 e. The molecule has 268 valence electrons. The zero-order valence-corrected chi connectivity index (χ0v) is 30.8. The first-order chi connectivity index (χ1) is 28.2. The summed E-state index contributed by atoms with van der Waals surface area (Å²) in [7, 11) is 0. The Labute approximate surface area is 327 Å². The van der Waals surface area contributed by atoms with E-state index in [2.05, 4.69) is 144 Å². The summed E-state index contributed by atoms with van der Waals surface area (Å²) < 4.78 is 15.3. The lowest BCUT2D eigenvalue weighted by Crippen LogP contribution is -1.96. The van der Waals surface area contributed by atoms with Gasteiger partial charge in [-0.2, -0.15) is 0 Å². The van der Waals surface area contributed by atoms with E-state index in [1.54, 1.807) is 0 Å². The Balaban J connectivity index is 1.01. The molecular formula is C52H33N3O2. The highest BCUT2D eigenvalue weighted by atomic mass is 16.3. The van der Waals surface area contributed by atoms with E-state index in [1.807, 2.05) is 36.4 Å². The number of aromatic nitrogens is 3. The molecule has 0 bridgehead atoms. The third kappa shape index (κ3) is 5.09. The average Bonchev–Trinajstić information content (AvgIpc) is 3.95. The molecule has 5 nitrogen and oxygen atoms in total. The van der Waals surface area contributed by atoms with Gasteiger partial charge < -0.3 is 13.4 Å². The normalized spacial score (nSPS) is 13.2. The van der Waals surface area contributed by atoms with Crippen LogP contribution in [-0.4, -0.2) is 14.5 Å². The van der Waals surface area contributed by atoms with E-state index in [9.17, 15) is 0 Å². The van der Waals surface area contributed by atoms with Crippen LogP contribution in [0.2, 0.25) is 0 Å². The predicted molar refractivity (Wildman–Crippen MR) is 234 cm³/mol. The van der Waals surface area contributed by atoms with Gasteiger partial charge in [-0.1, -0.05) is 109 Å². The SMILES string of the molecule is C1=CC(n2c3ccccc3c3cc(-c4ccc5oc6ccc(-c7nc(-c8ccccc8)c8oc9ccc(-c%10ccccc%10)cc9c8n7)cc6c5c4)ccc32)=CCC1. The number of fused-ring (bicyclic) bond motifs is 9. The van der Waals surface area contributed by atoms with Gasteiger partial charge in [-0.05, 0) is 102 Å². The molecular weight excluding hydrogens is 699 g/mol. The van der Waals surface area contributed by atoms with Crippen molar-refractivity contribution in [2.24, 2.45) is 0 Å². The van der Waals surface area contributed by atoms with Crippen LogP contribution in [0, 0.1) is 0 Å². The number of benzene rings is 7. The van der Waals surface area contributed by atoms with Gasteiger partial charge in [0.25, 0.3) is 0 Å². The number of allylic oxidation sites excluding steroid dienone is 4. The van der Waals surface area contributed by atoms with Crippen molar-refractivity contribution in [3.63, 3.8) is 0 Å². The highest BCUT2D eigenvalue weighted by Crippen LogP contribution is 2.41. The van der Waals surface area contributed by atoms with E-state index in [1.165, 1.54) is 27.5 Å². The van der Waals surface area contributed by atoms with Crippen molar-refractivity contribution in [1.29, 1.82) is 0 Å². The van der Waals surface area contributed by atoms with Crippen molar-refractivity contribution >= 4 is 71.5 Å². The lowest BCUT2D eigenvalue weighted by molar-refractivity contribution is 0.667. The van der Waals surface area contributed by atoms with Crippen LogP contribution in [0.1, 0.15) is 12.8 Å². The van der Waals surface area contributed by atoms with Crippen LogP contribution < -0.4 is 0 Å². The zero-order valence-electron chi connectivity index (χ0n) is 30.8. The number of rotatable bonds is 5. The quantitative estimate of drug-likeness (QED) is 0.177. The molecule has 4 heterocycles. The summed E-state index contributed by atoms with van der Waals surface area (Å²) in [6, 6.07) is 55.3. The van der Waals surface area contributed by atoms with Gasteiger partial charge in [-0.15, -0.1) is 0 Å². The van der Waals surface area contributed by atoms with Crippen LogP contribution in [0.5, 0.6) is 0 Å². The van der Waals surface area contributed by atoms with E-state index < -0.39 is 0 Å². The fourth-order valence-corrected chi connectivity index (χ4v) is 8.67. The van der Waals surface area contributed by atoms with Gasteiger partial charge in [-0.25, -0.2) is 9.97 Å². The van der Waals surface area contributed by atoms with Crippen molar-refractivity contribution in [3.05, 3.63) is 176 Å². The maximum atomic E-state index is 6.53. The summed E-state index contributed by atoms with van der Waals surface area (Å²) >= 11 is 0. The lowest BCUT2D eigenvalue weighted by Gasteiger charge is -2.12. The van der Waals surface area contributed by atoms with E-state index in [0.29, 0.717) is 11.4 Å². The zero-order chi connectivity index (χ0) is 37.5. The molecule has 0 amide bonds. The van der Waals surface area contributed by atoms with Crippen molar-refractivity contribution in [1.82, 2.24) is 14.5 Å². The van der Waals surface area contributed by atoms with Crippen molar-refractivity contribution < 1.29 is 8.83 Å². The first-order valence-corrected chi connectivity index (χ1v) is 19.5. The van der Waals surface area contributed by atoms with Gasteiger partial charge in [0.05, 0.1) is 11.0 Å². The molecule has 0 aliphatic heterocycles. The molecule has 0 atom stereocenters. The molecule has 0 saturated carbocycles. The van der Waals surface area contributed by atoms with Crippen LogP contribution in [0.25, 0.3) is 116 Å². The highest BCUT2D eigenvalue weighted by molar-refractivity contribution is 6.13. The minimum absolute atomic E-state index is 0.631. The van der Waals surface area contributed by atoms with Gasteiger partial charge in [0.2, 0.25) is 0 Å². The van der Waals surface area contributed by atoms with Gasteiger partial charge in [0, 0.05) is 43.8 Å². The molecule has 0 saturated heterocycles. The van der Waals surface area contributed by atoms with E-state index in [4.69, 9.17) is 18.8 Å². The molecule has 1 aliphatic rings. The maximum Gasteiger partial charge on any atom is 0.180 e. The molecule has 0 unspecified atom stereocenters. The summed E-state index contributed by atoms with van der Waals surface area (Å²) in [6.45, 7) is 0. The summed E-state index contributed by atoms with van der Waals surface area (Å²) in [5.74, 6) is 0.631. The number of hydrogen-bond acceptors (Lipinski definition) is 4. The fourth-order valence-electron chi connectivity index (χ4n) is 8.67. The van der Waals surface area contributed by atoms with Crippen LogP contribution in [0.4, 0.5) is 0 Å². The third-order valence-corrected chi connectivity index (χ3v) is 11.4. The van der Waals surface area contributed by atoms with Crippen LogP contribution >= 0.6 is 0 Å². The van der Waals surface area contributed by atoms with E-state index in [-0.39, 0.29) is 0 Å². The van der Waals surface area contributed by atoms with Crippen molar-refractivity contribution in [2.45, 2.75) is 12.8 Å². The molecule has 0 fully saturated rings. The number of furan rings is 2.